The number of hydrogen-bond acceptors (Lipinski definition) is 3. The molecule has 1 amide bonds. The highest BCUT2D eigenvalue weighted by atomic mass is 35.5. The highest BCUT2D eigenvalue weighted by Gasteiger charge is 2.16. The Balaban J connectivity index is 0.00000264. The third-order valence-corrected chi connectivity index (χ3v) is 4.06. The molecule has 1 aliphatic rings. The van der Waals surface area contributed by atoms with E-state index in [0.717, 1.165) is 38.8 Å². The van der Waals surface area contributed by atoms with Crippen molar-refractivity contribution in [3.63, 3.8) is 0 Å². The van der Waals surface area contributed by atoms with Gasteiger partial charge in [0.25, 0.3) is 0 Å². The van der Waals surface area contributed by atoms with Gasteiger partial charge in [-0.3, -0.25) is 9.59 Å². The smallest absolute Gasteiger partial charge is 0.220 e. The molecule has 0 unspecified atom stereocenters. The number of aryl methyl sites for hydroxylation is 1. The summed E-state index contributed by atoms with van der Waals surface area (Å²) in [7, 11) is 0. The van der Waals surface area contributed by atoms with Crippen LogP contribution < -0.4 is 10.6 Å². The first kappa shape index (κ1) is 19.7. The molecule has 1 aromatic rings. The molecule has 1 saturated heterocycles. The molecule has 0 aliphatic carbocycles. The molecule has 128 valence electrons. The van der Waals surface area contributed by atoms with E-state index in [9.17, 15) is 9.59 Å². The Hall–Kier alpha value is -1.39. The Kier molecular flexibility index (Phi) is 8.89. The van der Waals surface area contributed by atoms with Crippen molar-refractivity contribution < 1.29 is 9.59 Å². The molecule has 0 saturated carbocycles. The van der Waals surface area contributed by atoms with E-state index in [1.165, 1.54) is 5.56 Å². The Labute approximate surface area is 144 Å². The SMILES string of the molecule is CCCc1ccc(C(=O)CCC(=O)N[C@H]2CCCNC2)cc1.Cl. The number of piperidine rings is 1. The number of carbonyl (C=O) groups is 2. The number of benzene rings is 1. The van der Waals surface area contributed by atoms with Crippen molar-refractivity contribution in [2.75, 3.05) is 13.1 Å². The second-order valence-corrected chi connectivity index (χ2v) is 5.98. The molecule has 1 aromatic carbocycles. The molecule has 2 rings (SSSR count). The molecule has 1 fully saturated rings. The van der Waals surface area contributed by atoms with Gasteiger partial charge in [0.1, 0.15) is 0 Å². The zero-order valence-corrected chi connectivity index (χ0v) is 14.6. The van der Waals surface area contributed by atoms with E-state index < -0.39 is 0 Å². The summed E-state index contributed by atoms with van der Waals surface area (Å²) in [5, 5.41) is 6.26. The lowest BCUT2D eigenvalue weighted by Crippen LogP contribution is -2.45. The minimum atomic E-state index is -0.0235. The highest BCUT2D eigenvalue weighted by molar-refractivity contribution is 5.98. The lowest BCUT2D eigenvalue weighted by atomic mass is 10.0. The summed E-state index contributed by atoms with van der Waals surface area (Å²) in [5.41, 5.74) is 1.95. The van der Waals surface area contributed by atoms with Crippen molar-refractivity contribution in [1.82, 2.24) is 10.6 Å². The van der Waals surface area contributed by atoms with Crippen LogP contribution in [0.2, 0.25) is 0 Å². The molecule has 0 aromatic heterocycles. The fraction of sp³-hybridized carbons (Fsp3) is 0.556. The molecular weight excluding hydrogens is 312 g/mol. The molecule has 0 bridgehead atoms. The summed E-state index contributed by atoms with van der Waals surface area (Å²) < 4.78 is 0. The van der Waals surface area contributed by atoms with Gasteiger partial charge in [-0.15, -0.1) is 12.4 Å². The topological polar surface area (TPSA) is 58.2 Å². The molecule has 4 nitrogen and oxygen atoms in total. The minimum Gasteiger partial charge on any atom is -0.352 e. The maximum Gasteiger partial charge on any atom is 0.220 e. The summed E-state index contributed by atoms with van der Waals surface area (Å²) in [6.45, 7) is 4.00. The summed E-state index contributed by atoms with van der Waals surface area (Å²) >= 11 is 0. The number of ketones is 1. The number of carbonyl (C=O) groups excluding carboxylic acids is 2. The van der Waals surface area contributed by atoms with Crippen molar-refractivity contribution >= 4 is 24.1 Å². The van der Waals surface area contributed by atoms with Gasteiger partial charge in [0.2, 0.25) is 5.91 Å². The summed E-state index contributed by atoms with van der Waals surface area (Å²) in [4.78, 5) is 24.0. The summed E-state index contributed by atoms with van der Waals surface area (Å²) in [6.07, 6.45) is 4.79. The van der Waals surface area contributed by atoms with Crippen LogP contribution in [0.3, 0.4) is 0 Å². The maximum atomic E-state index is 12.1. The van der Waals surface area contributed by atoms with E-state index >= 15 is 0 Å². The second-order valence-electron chi connectivity index (χ2n) is 5.98. The molecule has 23 heavy (non-hydrogen) atoms. The average Bonchev–Trinajstić information content (AvgIpc) is 2.54. The van der Waals surface area contributed by atoms with Gasteiger partial charge in [-0.05, 0) is 31.4 Å². The molecule has 1 aliphatic heterocycles. The number of amides is 1. The average molecular weight is 339 g/mol. The van der Waals surface area contributed by atoms with Crippen LogP contribution >= 0.6 is 12.4 Å². The van der Waals surface area contributed by atoms with Crippen LogP contribution in [0, 0.1) is 0 Å². The van der Waals surface area contributed by atoms with E-state index in [2.05, 4.69) is 17.6 Å². The van der Waals surface area contributed by atoms with Crippen LogP contribution in [0.15, 0.2) is 24.3 Å². The van der Waals surface area contributed by atoms with Crippen LogP contribution in [0.1, 0.15) is 54.9 Å². The van der Waals surface area contributed by atoms with Crippen molar-refractivity contribution in [3.05, 3.63) is 35.4 Å². The van der Waals surface area contributed by atoms with Crippen molar-refractivity contribution in [2.24, 2.45) is 0 Å². The van der Waals surface area contributed by atoms with Gasteiger partial charge in [0.05, 0.1) is 0 Å². The minimum absolute atomic E-state index is 0. The number of rotatable bonds is 7. The van der Waals surface area contributed by atoms with E-state index in [-0.39, 0.29) is 43.0 Å². The molecular formula is C18H27ClN2O2. The quantitative estimate of drug-likeness (QED) is 0.751. The molecule has 1 heterocycles. The first-order valence-corrected chi connectivity index (χ1v) is 8.31. The molecule has 1 atom stereocenters. The first-order valence-electron chi connectivity index (χ1n) is 8.31. The third-order valence-electron chi connectivity index (χ3n) is 4.06. The van der Waals surface area contributed by atoms with Gasteiger partial charge in [-0.25, -0.2) is 0 Å². The summed E-state index contributed by atoms with van der Waals surface area (Å²) in [5.74, 6) is 0.0182. The lowest BCUT2D eigenvalue weighted by Gasteiger charge is -2.23. The van der Waals surface area contributed by atoms with E-state index in [1.807, 2.05) is 24.3 Å². The lowest BCUT2D eigenvalue weighted by molar-refractivity contribution is -0.121. The largest absolute Gasteiger partial charge is 0.352 e. The Bertz CT molecular complexity index is 496. The second kappa shape index (κ2) is 10.4. The fourth-order valence-electron chi connectivity index (χ4n) is 2.79. The monoisotopic (exact) mass is 338 g/mol. The zero-order chi connectivity index (χ0) is 15.8. The number of halogens is 1. The number of hydrogen-bond donors (Lipinski definition) is 2. The highest BCUT2D eigenvalue weighted by Crippen LogP contribution is 2.10. The molecule has 5 heteroatoms. The van der Waals surface area contributed by atoms with Crippen molar-refractivity contribution in [3.8, 4) is 0 Å². The van der Waals surface area contributed by atoms with Gasteiger partial charge in [0, 0.05) is 31.0 Å². The van der Waals surface area contributed by atoms with Crippen molar-refractivity contribution in [1.29, 1.82) is 0 Å². The van der Waals surface area contributed by atoms with Gasteiger partial charge in [-0.2, -0.15) is 0 Å². The zero-order valence-electron chi connectivity index (χ0n) is 13.8. The van der Waals surface area contributed by atoms with Gasteiger partial charge in [-0.1, -0.05) is 37.6 Å². The van der Waals surface area contributed by atoms with E-state index in [1.54, 1.807) is 0 Å². The van der Waals surface area contributed by atoms with E-state index in [4.69, 9.17) is 0 Å². The summed E-state index contributed by atoms with van der Waals surface area (Å²) in [6, 6.07) is 7.96. The Morgan fingerprint density at radius 2 is 1.96 bits per heavy atom. The standard InChI is InChI=1S/C18H26N2O2.ClH/c1-2-4-14-6-8-15(9-7-14)17(21)10-11-18(22)20-16-5-3-12-19-13-16;/h6-9,16,19H,2-5,10-13H2,1H3,(H,20,22);1H/t16-;/m0./s1. The Morgan fingerprint density at radius 3 is 2.57 bits per heavy atom. The fourth-order valence-corrected chi connectivity index (χ4v) is 2.79. The van der Waals surface area contributed by atoms with Crippen LogP contribution in [0.4, 0.5) is 0 Å². The van der Waals surface area contributed by atoms with Gasteiger partial charge >= 0.3 is 0 Å². The van der Waals surface area contributed by atoms with Gasteiger partial charge in [0.15, 0.2) is 5.78 Å². The number of Topliss-reactive ketones (excluding diaryl/α,β-unsaturated/α-hetero) is 1. The van der Waals surface area contributed by atoms with E-state index in [0.29, 0.717) is 5.56 Å². The maximum absolute atomic E-state index is 12.1. The van der Waals surface area contributed by atoms with Crippen LogP contribution in [0.25, 0.3) is 0 Å². The molecule has 0 spiro atoms. The predicted molar refractivity (Wildman–Crippen MR) is 95.3 cm³/mol. The van der Waals surface area contributed by atoms with Crippen LogP contribution in [0.5, 0.6) is 0 Å². The Morgan fingerprint density at radius 1 is 1.22 bits per heavy atom. The van der Waals surface area contributed by atoms with Gasteiger partial charge < -0.3 is 10.6 Å². The predicted octanol–water partition coefficient (Wildman–Crippen LogP) is 2.89. The number of nitrogens with one attached hydrogen (secondary N) is 2. The van der Waals surface area contributed by atoms with Crippen LogP contribution in [-0.4, -0.2) is 30.8 Å². The first-order chi connectivity index (χ1) is 10.7. The van der Waals surface area contributed by atoms with Crippen molar-refractivity contribution in [2.45, 2.75) is 51.5 Å². The normalized spacial score (nSPS) is 17.2. The van der Waals surface area contributed by atoms with Crippen LogP contribution in [-0.2, 0) is 11.2 Å². The third kappa shape index (κ3) is 6.71. The molecule has 2 N–H and O–H groups in total. The molecule has 0 radical (unpaired) electrons.